The van der Waals surface area contributed by atoms with E-state index in [0.29, 0.717) is 35.8 Å². The molecule has 2 bridgehead atoms. The second kappa shape index (κ2) is 6.87. The molecule has 0 aromatic heterocycles. The third kappa shape index (κ3) is 3.04. The second-order valence-electron chi connectivity index (χ2n) is 9.21. The first-order valence-electron chi connectivity index (χ1n) is 10.7. The van der Waals surface area contributed by atoms with Gasteiger partial charge in [0.2, 0.25) is 0 Å². The number of nitrogens with one attached hydrogen (secondary N) is 1. The zero-order valence-electron chi connectivity index (χ0n) is 16.6. The van der Waals surface area contributed by atoms with Crippen molar-refractivity contribution in [1.82, 2.24) is 5.32 Å². The molecule has 0 spiro atoms. The number of hydrogen-bond donors (Lipinski definition) is 1. The zero-order chi connectivity index (χ0) is 19.4. The molecule has 2 saturated carbocycles. The first-order valence-corrected chi connectivity index (χ1v) is 10.7. The Morgan fingerprint density at radius 2 is 2.11 bits per heavy atom. The SMILES string of the molecule is COC(=O)[C@@H](C)[C@H](c1ccc2c(c1)OC(C1CC3CC1CN3)CC2=O)C1CC1. The number of Topliss-reactive ketones (excluding diaryl/α,β-unsaturated/α-hetero) is 1. The molecule has 0 amide bonds. The molecule has 28 heavy (non-hydrogen) atoms. The molecule has 0 radical (unpaired) electrons. The van der Waals surface area contributed by atoms with Crippen LogP contribution >= 0.6 is 0 Å². The number of carbonyl (C=O) groups excluding carboxylic acids is 2. The van der Waals surface area contributed by atoms with Gasteiger partial charge in [-0.3, -0.25) is 9.59 Å². The normalized spacial score (nSPS) is 33.1. The number of benzene rings is 1. The average molecular weight is 383 g/mol. The molecule has 150 valence electrons. The molecule has 2 aliphatic carbocycles. The fraction of sp³-hybridized carbons (Fsp3) is 0.652. The predicted octanol–water partition coefficient (Wildman–Crippen LogP) is 3.32. The molecule has 4 aliphatic rings. The van der Waals surface area contributed by atoms with Gasteiger partial charge in [0.15, 0.2) is 5.78 Å². The van der Waals surface area contributed by atoms with E-state index in [-0.39, 0.29) is 29.7 Å². The van der Waals surface area contributed by atoms with E-state index in [0.717, 1.165) is 37.1 Å². The highest BCUT2D eigenvalue weighted by Gasteiger charge is 2.46. The van der Waals surface area contributed by atoms with Crippen LogP contribution < -0.4 is 10.1 Å². The summed E-state index contributed by atoms with van der Waals surface area (Å²) in [5, 5.41) is 3.54. The molecule has 1 N–H and O–H groups in total. The minimum Gasteiger partial charge on any atom is -0.489 e. The molecule has 5 nitrogen and oxygen atoms in total. The Labute approximate surface area is 166 Å². The van der Waals surface area contributed by atoms with E-state index in [4.69, 9.17) is 9.47 Å². The molecular weight excluding hydrogens is 354 g/mol. The van der Waals surface area contributed by atoms with Crippen molar-refractivity contribution in [1.29, 1.82) is 0 Å². The number of ether oxygens (including phenoxy) is 2. The van der Waals surface area contributed by atoms with Gasteiger partial charge in [-0.05, 0) is 67.7 Å². The maximum Gasteiger partial charge on any atom is 0.309 e. The van der Waals surface area contributed by atoms with Crippen LogP contribution in [-0.4, -0.2) is 37.6 Å². The second-order valence-corrected chi connectivity index (χ2v) is 9.21. The van der Waals surface area contributed by atoms with E-state index in [2.05, 4.69) is 5.32 Å². The summed E-state index contributed by atoms with van der Waals surface area (Å²) in [7, 11) is 1.45. The fourth-order valence-electron chi connectivity index (χ4n) is 5.90. The summed E-state index contributed by atoms with van der Waals surface area (Å²) in [5.74, 6) is 2.30. The lowest BCUT2D eigenvalue weighted by molar-refractivity contribution is -0.145. The van der Waals surface area contributed by atoms with Crippen LogP contribution in [0.15, 0.2) is 18.2 Å². The molecule has 6 atom stereocenters. The van der Waals surface area contributed by atoms with Crippen molar-refractivity contribution in [3.8, 4) is 5.75 Å². The molecule has 5 heteroatoms. The molecule has 5 rings (SSSR count). The van der Waals surface area contributed by atoms with Crippen molar-refractivity contribution in [2.24, 2.45) is 23.7 Å². The lowest BCUT2D eigenvalue weighted by Gasteiger charge is -2.34. The minimum atomic E-state index is -0.192. The molecule has 4 unspecified atom stereocenters. The van der Waals surface area contributed by atoms with Crippen LogP contribution in [0.3, 0.4) is 0 Å². The highest BCUT2D eigenvalue weighted by molar-refractivity contribution is 6.00. The number of carbonyl (C=O) groups is 2. The molecule has 3 fully saturated rings. The van der Waals surface area contributed by atoms with E-state index >= 15 is 0 Å². The van der Waals surface area contributed by atoms with E-state index < -0.39 is 0 Å². The summed E-state index contributed by atoms with van der Waals surface area (Å²) < 4.78 is 11.4. The maximum atomic E-state index is 12.8. The van der Waals surface area contributed by atoms with Gasteiger partial charge >= 0.3 is 5.97 Å². The standard InChI is InChI=1S/C23H29NO4/c1-12(23(26)27-2)22(13-3-4-13)14-5-6-17-19(25)10-21(28-20(17)8-14)18-9-16-7-15(18)11-24-16/h5-6,8,12-13,15-16,18,21-22,24H,3-4,7,9-11H2,1-2H3/t12-,15?,16?,18?,21?,22-/m0/s1. The van der Waals surface area contributed by atoms with Crippen LogP contribution in [0.1, 0.15) is 60.9 Å². The molecule has 2 heterocycles. The van der Waals surface area contributed by atoms with Crippen molar-refractivity contribution in [2.75, 3.05) is 13.7 Å². The lowest BCUT2D eigenvalue weighted by atomic mass is 9.81. The number of piperidine rings is 1. The Kier molecular flexibility index (Phi) is 4.46. The minimum absolute atomic E-state index is 0.00949. The fourth-order valence-corrected chi connectivity index (χ4v) is 5.90. The Bertz CT molecular complexity index is 802. The first-order chi connectivity index (χ1) is 13.5. The van der Waals surface area contributed by atoms with E-state index in [1.165, 1.54) is 13.5 Å². The van der Waals surface area contributed by atoms with Crippen LogP contribution in [0, 0.1) is 23.7 Å². The van der Waals surface area contributed by atoms with Gasteiger partial charge in [0.25, 0.3) is 0 Å². The van der Waals surface area contributed by atoms with Crippen LogP contribution in [0.25, 0.3) is 0 Å². The zero-order valence-corrected chi connectivity index (χ0v) is 16.6. The number of rotatable bonds is 5. The van der Waals surface area contributed by atoms with Crippen molar-refractivity contribution in [3.05, 3.63) is 29.3 Å². The van der Waals surface area contributed by atoms with Crippen LogP contribution in [0.5, 0.6) is 5.75 Å². The summed E-state index contributed by atoms with van der Waals surface area (Å²) in [6.45, 7) is 3.00. The summed E-state index contributed by atoms with van der Waals surface area (Å²) in [4.78, 5) is 25.0. The molecule has 1 saturated heterocycles. The van der Waals surface area contributed by atoms with Crippen LogP contribution in [0.2, 0.25) is 0 Å². The Morgan fingerprint density at radius 3 is 2.75 bits per heavy atom. The number of esters is 1. The van der Waals surface area contributed by atoms with Gasteiger partial charge in [-0.15, -0.1) is 0 Å². The van der Waals surface area contributed by atoms with Crippen molar-refractivity contribution < 1.29 is 19.1 Å². The van der Waals surface area contributed by atoms with E-state index in [1.807, 2.05) is 25.1 Å². The molecule has 1 aromatic rings. The number of hydrogen-bond acceptors (Lipinski definition) is 5. The van der Waals surface area contributed by atoms with Gasteiger partial charge in [0.1, 0.15) is 11.9 Å². The Balaban J connectivity index is 1.42. The van der Waals surface area contributed by atoms with E-state index in [9.17, 15) is 9.59 Å². The highest BCUT2D eigenvalue weighted by Crippen LogP contribution is 2.49. The van der Waals surface area contributed by atoms with Gasteiger partial charge in [0, 0.05) is 18.4 Å². The van der Waals surface area contributed by atoms with Crippen LogP contribution in [0.4, 0.5) is 0 Å². The summed E-state index contributed by atoms with van der Waals surface area (Å²) in [6, 6.07) is 6.56. The first kappa shape index (κ1) is 18.2. The summed E-state index contributed by atoms with van der Waals surface area (Å²) >= 11 is 0. The van der Waals surface area contributed by atoms with Crippen molar-refractivity contribution in [2.45, 2.75) is 57.1 Å². The van der Waals surface area contributed by atoms with Gasteiger partial charge in [-0.2, -0.15) is 0 Å². The Hall–Kier alpha value is -1.88. The molecular formula is C23H29NO4. The quantitative estimate of drug-likeness (QED) is 0.790. The van der Waals surface area contributed by atoms with Gasteiger partial charge < -0.3 is 14.8 Å². The van der Waals surface area contributed by atoms with Gasteiger partial charge in [-0.1, -0.05) is 13.0 Å². The highest BCUT2D eigenvalue weighted by atomic mass is 16.5. The number of fused-ring (bicyclic) bond motifs is 3. The largest absolute Gasteiger partial charge is 0.489 e. The van der Waals surface area contributed by atoms with Gasteiger partial charge in [0.05, 0.1) is 18.6 Å². The summed E-state index contributed by atoms with van der Waals surface area (Å²) in [5.41, 5.74) is 1.80. The smallest absolute Gasteiger partial charge is 0.309 e. The van der Waals surface area contributed by atoms with Crippen LogP contribution in [-0.2, 0) is 9.53 Å². The average Bonchev–Trinajstić information content (AvgIpc) is 3.29. The third-order valence-corrected chi connectivity index (χ3v) is 7.49. The predicted molar refractivity (Wildman–Crippen MR) is 104 cm³/mol. The van der Waals surface area contributed by atoms with E-state index in [1.54, 1.807) is 0 Å². The lowest BCUT2D eigenvalue weighted by Crippen LogP contribution is -2.41. The van der Waals surface area contributed by atoms with Crippen molar-refractivity contribution in [3.63, 3.8) is 0 Å². The number of methoxy groups -OCH3 is 1. The topological polar surface area (TPSA) is 64.6 Å². The van der Waals surface area contributed by atoms with Gasteiger partial charge in [-0.25, -0.2) is 0 Å². The monoisotopic (exact) mass is 383 g/mol. The third-order valence-electron chi connectivity index (χ3n) is 7.49. The number of ketones is 1. The molecule has 1 aromatic carbocycles. The Morgan fingerprint density at radius 1 is 1.29 bits per heavy atom. The molecule has 2 aliphatic heterocycles. The van der Waals surface area contributed by atoms with Crippen molar-refractivity contribution >= 4 is 11.8 Å². The summed E-state index contributed by atoms with van der Waals surface area (Å²) in [6.07, 6.45) is 5.09. The maximum absolute atomic E-state index is 12.8.